The highest BCUT2D eigenvalue weighted by molar-refractivity contribution is 7.89. The molecule has 0 radical (unpaired) electrons. The maximum atomic E-state index is 13.1. The molecule has 0 aliphatic carbocycles. The van der Waals surface area contributed by atoms with E-state index < -0.39 is 16.1 Å². The van der Waals surface area contributed by atoms with Crippen molar-refractivity contribution in [3.8, 4) is 11.5 Å². The number of hydrogen-bond donors (Lipinski definition) is 1. The van der Waals surface area contributed by atoms with Gasteiger partial charge in [0.15, 0.2) is 17.6 Å². The summed E-state index contributed by atoms with van der Waals surface area (Å²) < 4.78 is 38.7. The molecular formula is C22H22N2O6S. The summed E-state index contributed by atoms with van der Waals surface area (Å²) in [7, 11) is -3.71. The predicted molar refractivity (Wildman–Crippen MR) is 111 cm³/mol. The lowest BCUT2D eigenvalue weighted by Crippen LogP contribution is -2.38. The van der Waals surface area contributed by atoms with Crippen LogP contribution in [0.1, 0.15) is 11.7 Å². The van der Waals surface area contributed by atoms with Crippen molar-refractivity contribution in [2.75, 3.05) is 39.4 Å². The molecule has 0 bridgehead atoms. The summed E-state index contributed by atoms with van der Waals surface area (Å²) in [5.74, 6) is 0.596. The van der Waals surface area contributed by atoms with E-state index in [-0.39, 0.29) is 23.9 Å². The number of sulfonamides is 1. The van der Waals surface area contributed by atoms with Crippen LogP contribution in [0.4, 0.5) is 0 Å². The van der Waals surface area contributed by atoms with Crippen LogP contribution in [0, 0.1) is 0 Å². The lowest BCUT2D eigenvalue weighted by Gasteiger charge is -2.25. The van der Waals surface area contributed by atoms with Gasteiger partial charge in [-0.2, -0.15) is 4.31 Å². The molecule has 0 spiro atoms. The highest BCUT2D eigenvalue weighted by Crippen LogP contribution is 2.35. The Kier molecular flexibility index (Phi) is 4.96. The number of aliphatic hydroxyl groups excluding tert-OH is 1. The number of fused-ring (bicyclic) bond motifs is 1. The topological polar surface area (TPSA) is 96.4 Å². The molecule has 0 saturated heterocycles. The van der Waals surface area contributed by atoms with Gasteiger partial charge in [-0.1, -0.05) is 30.3 Å². The highest BCUT2D eigenvalue weighted by Gasteiger charge is 2.39. The van der Waals surface area contributed by atoms with Crippen molar-refractivity contribution < 1.29 is 27.8 Å². The van der Waals surface area contributed by atoms with Crippen LogP contribution in [0.2, 0.25) is 0 Å². The van der Waals surface area contributed by atoms with Gasteiger partial charge in [-0.3, -0.25) is 4.79 Å². The first kappa shape index (κ1) is 20.0. The van der Waals surface area contributed by atoms with Crippen molar-refractivity contribution in [1.29, 1.82) is 0 Å². The van der Waals surface area contributed by atoms with Crippen LogP contribution < -0.4 is 9.47 Å². The minimum absolute atomic E-state index is 0.158. The Labute approximate surface area is 180 Å². The van der Waals surface area contributed by atoms with E-state index in [1.807, 2.05) is 6.07 Å². The van der Waals surface area contributed by atoms with Gasteiger partial charge in [0, 0.05) is 32.2 Å². The number of nitrogens with zero attached hydrogens (tertiary/aromatic N) is 2. The van der Waals surface area contributed by atoms with Gasteiger partial charge in [0.25, 0.3) is 5.91 Å². The first-order valence-corrected chi connectivity index (χ1v) is 11.5. The van der Waals surface area contributed by atoms with Crippen LogP contribution in [0.5, 0.6) is 11.5 Å². The third kappa shape index (κ3) is 3.58. The molecule has 0 fully saturated rings. The fraction of sp³-hybridized carbons (Fsp3) is 0.318. The third-order valence-electron chi connectivity index (χ3n) is 5.81. The molecule has 3 aliphatic heterocycles. The van der Waals surface area contributed by atoms with E-state index in [9.17, 15) is 18.3 Å². The van der Waals surface area contributed by atoms with Crippen LogP contribution in [0.15, 0.2) is 64.6 Å². The molecule has 1 amide bonds. The first-order chi connectivity index (χ1) is 14.9. The van der Waals surface area contributed by atoms with Crippen molar-refractivity contribution in [3.05, 3.63) is 65.2 Å². The fourth-order valence-corrected chi connectivity index (χ4v) is 5.60. The van der Waals surface area contributed by atoms with E-state index >= 15 is 0 Å². The van der Waals surface area contributed by atoms with Gasteiger partial charge >= 0.3 is 0 Å². The molecule has 2 aromatic rings. The second-order valence-electron chi connectivity index (χ2n) is 7.79. The molecule has 162 valence electrons. The van der Waals surface area contributed by atoms with Crippen molar-refractivity contribution >= 4 is 15.9 Å². The summed E-state index contributed by atoms with van der Waals surface area (Å²) in [5.41, 5.74) is 2.37. The maximum absolute atomic E-state index is 13.1. The zero-order valence-corrected chi connectivity index (χ0v) is 17.5. The SMILES string of the molecule is O=C(C(O)c1ccccc1)N1CC2=C(C1)CN(S(=O)(=O)c1ccc3c(c1)OCCO3)C2. The second kappa shape index (κ2) is 7.67. The minimum Gasteiger partial charge on any atom is -0.486 e. The van der Waals surface area contributed by atoms with Gasteiger partial charge in [0.1, 0.15) is 13.2 Å². The van der Waals surface area contributed by atoms with Crippen LogP contribution >= 0.6 is 0 Å². The van der Waals surface area contributed by atoms with Crippen molar-refractivity contribution in [1.82, 2.24) is 9.21 Å². The zero-order valence-electron chi connectivity index (χ0n) is 16.7. The number of aliphatic hydroxyl groups is 1. The quantitative estimate of drug-likeness (QED) is 0.718. The first-order valence-electron chi connectivity index (χ1n) is 10.0. The molecule has 0 saturated carbocycles. The Hall–Kier alpha value is -2.88. The summed E-state index contributed by atoms with van der Waals surface area (Å²) in [6, 6.07) is 13.4. The molecule has 2 aromatic carbocycles. The number of amides is 1. The summed E-state index contributed by atoms with van der Waals surface area (Å²) in [5, 5.41) is 10.4. The molecule has 3 aliphatic rings. The monoisotopic (exact) mass is 442 g/mol. The Bertz CT molecular complexity index is 1140. The van der Waals surface area contributed by atoms with Crippen LogP contribution in [0.3, 0.4) is 0 Å². The molecule has 1 N–H and O–H groups in total. The summed E-state index contributed by atoms with van der Waals surface area (Å²) >= 11 is 0. The van der Waals surface area contributed by atoms with Gasteiger partial charge in [0.2, 0.25) is 10.0 Å². The van der Waals surface area contributed by atoms with E-state index in [4.69, 9.17) is 9.47 Å². The lowest BCUT2D eigenvalue weighted by molar-refractivity contribution is -0.139. The van der Waals surface area contributed by atoms with Crippen LogP contribution in [0.25, 0.3) is 0 Å². The largest absolute Gasteiger partial charge is 0.486 e. The highest BCUT2D eigenvalue weighted by atomic mass is 32.2. The average molecular weight is 442 g/mol. The smallest absolute Gasteiger partial charge is 0.256 e. The molecule has 0 aromatic heterocycles. The number of carbonyl (C=O) groups excluding carboxylic acids is 1. The molecule has 8 nitrogen and oxygen atoms in total. The number of ether oxygens (including phenoxy) is 2. The number of rotatable bonds is 4. The normalized spacial score (nSPS) is 19.5. The van der Waals surface area contributed by atoms with E-state index in [1.54, 1.807) is 35.2 Å². The Balaban J connectivity index is 1.26. The zero-order chi connectivity index (χ0) is 21.6. The van der Waals surface area contributed by atoms with Crippen molar-refractivity contribution in [2.24, 2.45) is 0 Å². The summed E-state index contributed by atoms with van der Waals surface area (Å²) in [6.45, 7) is 1.94. The Morgan fingerprint density at radius 1 is 0.903 bits per heavy atom. The molecule has 31 heavy (non-hydrogen) atoms. The molecule has 9 heteroatoms. The van der Waals surface area contributed by atoms with Crippen LogP contribution in [-0.4, -0.2) is 68.0 Å². The lowest BCUT2D eigenvalue weighted by atomic mass is 10.1. The van der Waals surface area contributed by atoms with Gasteiger partial charge in [-0.15, -0.1) is 0 Å². The Morgan fingerprint density at radius 3 is 2.23 bits per heavy atom. The van der Waals surface area contributed by atoms with Gasteiger partial charge < -0.3 is 19.5 Å². The summed E-state index contributed by atoms with van der Waals surface area (Å²) in [4.78, 5) is 14.4. The van der Waals surface area contributed by atoms with E-state index in [1.165, 1.54) is 16.4 Å². The molecular weight excluding hydrogens is 420 g/mol. The standard InChI is InChI=1S/C22H22N2O6S/c25-21(15-4-2-1-3-5-15)22(26)23-11-16-13-24(14-17(16)12-23)31(27,28)18-6-7-19-20(10-18)30-9-8-29-19/h1-7,10,21,25H,8-9,11-14H2. The van der Waals surface area contributed by atoms with E-state index in [0.717, 1.165) is 11.1 Å². The maximum Gasteiger partial charge on any atom is 0.256 e. The third-order valence-corrected chi connectivity index (χ3v) is 7.60. The predicted octanol–water partition coefficient (Wildman–Crippen LogP) is 1.33. The van der Waals surface area contributed by atoms with Crippen molar-refractivity contribution in [3.63, 3.8) is 0 Å². The second-order valence-corrected chi connectivity index (χ2v) is 9.73. The number of carbonyl (C=O) groups is 1. The van der Waals surface area contributed by atoms with E-state index in [0.29, 0.717) is 43.4 Å². The molecule has 3 heterocycles. The van der Waals surface area contributed by atoms with Crippen molar-refractivity contribution in [2.45, 2.75) is 11.0 Å². The number of benzene rings is 2. The molecule has 1 atom stereocenters. The van der Waals surface area contributed by atoms with Gasteiger partial charge in [-0.05, 0) is 28.8 Å². The van der Waals surface area contributed by atoms with Crippen LogP contribution in [-0.2, 0) is 14.8 Å². The van der Waals surface area contributed by atoms with Gasteiger partial charge in [-0.25, -0.2) is 8.42 Å². The average Bonchev–Trinajstić information content (AvgIpc) is 3.38. The molecule has 1 unspecified atom stereocenters. The van der Waals surface area contributed by atoms with E-state index in [2.05, 4.69) is 0 Å². The summed E-state index contributed by atoms with van der Waals surface area (Å²) in [6.07, 6.45) is -1.22. The Morgan fingerprint density at radius 2 is 1.55 bits per heavy atom. The minimum atomic E-state index is -3.71. The van der Waals surface area contributed by atoms with Gasteiger partial charge in [0.05, 0.1) is 4.90 Å². The molecule has 5 rings (SSSR count). The fourth-order valence-electron chi connectivity index (χ4n) is 4.16. The number of hydrogen-bond acceptors (Lipinski definition) is 6.